The van der Waals surface area contributed by atoms with Crippen LogP contribution in [-0.2, 0) is 9.59 Å². The molecule has 7 heteroatoms. The van der Waals surface area contributed by atoms with Gasteiger partial charge in [0.25, 0.3) is 0 Å². The highest BCUT2D eigenvalue weighted by Crippen LogP contribution is 2.27. The van der Waals surface area contributed by atoms with Gasteiger partial charge in [-0.3, -0.25) is 9.59 Å². The van der Waals surface area contributed by atoms with Crippen molar-refractivity contribution in [3.05, 3.63) is 0 Å². The molecule has 0 aromatic carbocycles. The first-order chi connectivity index (χ1) is 9.80. The molecular formula is C15H28ClN3O2S. The smallest absolute Gasteiger partial charge is 0.243 e. The Bertz CT molecular complexity index is 414. The lowest BCUT2D eigenvalue weighted by Gasteiger charge is -2.33. The van der Waals surface area contributed by atoms with Gasteiger partial charge in [-0.25, -0.2) is 0 Å². The number of hydrogen-bond donors (Lipinski definition) is 2. The first-order valence-electron chi connectivity index (χ1n) is 7.70. The maximum atomic E-state index is 12.6. The van der Waals surface area contributed by atoms with E-state index < -0.39 is 5.41 Å². The van der Waals surface area contributed by atoms with Crippen molar-refractivity contribution >= 4 is 36.0 Å². The summed E-state index contributed by atoms with van der Waals surface area (Å²) >= 11 is 1.66. The van der Waals surface area contributed by atoms with Crippen molar-refractivity contribution in [1.29, 1.82) is 0 Å². The zero-order chi connectivity index (χ0) is 15.6. The van der Waals surface area contributed by atoms with Crippen molar-refractivity contribution in [2.45, 2.75) is 46.2 Å². The average molecular weight is 350 g/mol. The molecule has 2 aliphatic rings. The van der Waals surface area contributed by atoms with Crippen LogP contribution in [-0.4, -0.2) is 53.5 Å². The molecule has 2 heterocycles. The molecule has 0 bridgehead atoms. The monoisotopic (exact) mass is 349 g/mol. The summed E-state index contributed by atoms with van der Waals surface area (Å²) in [6.07, 6.45) is 0.958. The van der Waals surface area contributed by atoms with E-state index in [2.05, 4.69) is 17.6 Å². The van der Waals surface area contributed by atoms with E-state index >= 15 is 0 Å². The van der Waals surface area contributed by atoms with E-state index in [0.29, 0.717) is 17.5 Å². The Kier molecular flexibility index (Phi) is 7.02. The summed E-state index contributed by atoms with van der Waals surface area (Å²) in [4.78, 5) is 26.8. The van der Waals surface area contributed by atoms with Crippen LogP contribution < -0.4 is 10.6 Å². The van der Waals surface area contributed by atoms with E-state index in [-0.39, 0.29) is 36.3 Å². The van der Waals surface area contributed by atoms with Crippen molar-refractivity contribution in [2.24, 2.45) is 11.3 Å². The van der Waals surface area contributed by atoms with Crippen molar-refractivity contribution in [3.8, 4) is 0 Å². The number of hydrogen-bond acceptors (Lipinski definition) is 4. The van der Waals surface area contributed by atoms with E-state index in [1.165, 1.54) is 0 Å². The SMILES string of the molecule is CC1CNCCC1NC(=O)C1CSCN1C(=O)C(C)(C)C.Cl. The van der Waals surface area contributed by atoms with Crippen LogP contribution in [0.1, 0.15) is 34.1 Å². The van der Waals surface area contributed by atoms with E-state index in [0.717, 1.165) is 19.5 Å². The number of piperidine rings is 1. The largest absolute Gasteiger partial charge is 0.351 e. The van der Waals surface area contributed by atoms with Crippen molar-refractivity contribution in [3.63, 3.8) is 0 Å². The van der Waals surface area contributed by atoms with E-state index in [1.807, 2.05) is 20.8 Å². The highest BCUT2D eigenvalue weighted by molar-refractivity contribution is 7.99. The van der Waals surface area contributed by atoms with Gasteiger partial charge in [0.05, 0.1) is 5.88 Å². The van der Waals surface area contributed by atoms with Crippen molar-refractivity contribution < 1.29 is 9.59 Å². The maximum Gasteiger partial charge on any atom is 0.243 e. The third kappa shape index (κ3) is 4.52. The third-order valence-electron chi connectivity index (χ3n) is 4.20. The Balaban J connectivity index is 0.00000242. The molecule has 22 heavy (non-hydrogen) atoms. The molecule has 3 unspecified atom stereocenters. The van der Waals surface area contributed by atoms with Gasteiger partial charge in [-0.1, -0.05) is 27.7 Å². The maximum absolute atomic E-state index is 12.6. The summed E-state index contributed by atoms with van der Waals surface area (Å²) < 4.78 is 0. The molecular weight excluding hydrogens is 322 g/mol. The Morgan fingerprint density at radius 3 is 2.59 bits per heavy atom. The van der Waals surface area contributed by atoms with Crippen LogP contribution in [0, 0.1) is 11.3 Å². The minimum atomic E-state index is -0.439. The minimum Gasteiger partial charge on any atom is -0.351 e. The Labute approximate surface area is 143 Å². The summed E-state index contributed by atoms with van der Waals surface area (Å²) in [7, 11) is 0. The van der Waals surface area contributed by atoms with Gasteiger partial charge in [0.15, 0.2) is 0 Å². The number of rotatable bonds is 2. The van der Waals surface area contributed by atoms with Crippen LogP contribution in [0.5, 0.6) is 0 Å². The molecule has 2 saturated heterocycles. The van der Waals surface area contributed by atoms with Gasteiger partial charge in [0, 0.05) is 17.2 Å². The van der Waals surface area contributed by atoms with Gasteiger partial charge in [0.2, 0.25) is 11.8 Å². The number of carbonyl (C=O) groups is 2. The summed E-state index contributed by atoms with van der Waals surface area (Å²) in [5, 5.41) is 6.49. The van der Waals surface area contributed by atoms with Gasteiger partial charge in [0.1, 0.15) is 6.04 Å². The number of thioether (sulfide) groups is 1. The van der Waals surface area contributed by atoms with E-state index in [4.69, 9.17) is 0 Å². The number of amides is 2. The molecule has 0 aliphatic carbocycles. The van der Waals surface area contributed by atoms with Crippen LogP contribution in [0.3, 0.4) is 0 Å². The fourth-order valence-corrected chi connectivity index (χ4v) is 3.95. The van der Waals surface area contributed by atoms with Gasteiger partial charge in [-0.2, -0.15) is 0 Å². The van der Waals surface area contributed by atoms with E-state index in [9.17, 15) is 9.59 Å². The first kappa shape index (κ1) is 19.6. The van der Waals surface area contributed by atoms with Gasteiger partial charge >= 0.3 is 0 Å². The zero-order valence-corrected chi connectivity index (χ0v) is 15.5. The molecule has 2 fully saturated rings. The Hall–Kier alpha value is -0.460. The molecule has 0 saturated carbocycles. The lowest BCUT2D eigenvalue weighted by atomic mass is 9.93. The number of nitrogens with zero attached hydrogens (tertiary/aromatic N) is 1. The fraction of sp³-hybridized carbons (Fsp3) is 0.867. The topological polar surface area (TPSA) is 61.4 Å². The molecule has 2 amide bonds. The molecule has 2 aliphatic heterocycles. The average Bonchev–Trinajstić information content (AvgIpc) is 2.88. The molecule has 0 aromatic heterocycles. The molecule has 5 nitrogen and oxygen atoms in total. The molecule has 2 N–H and O–H groups in total. The summed E-state index contributed by atoms with van der Waals surface area (Å²) in [6, 6.07) is -0.0975. The molecule has 0 radical (unpaired) electrons. The highest BCUT2D eigenvalue weighted by Gasteiger charge is 2.39. The van der Waals surface area contributed by atoms with Crippen LogP contribution >= 0.6 is 24.2 Å². The van der Waals surface area contributed by atoms with Crippen molar-refractivity contribution in [1.82, 2.24) is 15.5 Å². The van der Waals surface area contributed by atoms with Gasteiger partial charge in [-0.05, 0) is 25.4 Å². The molecule has 0 spiro atoms. The zero-order valence-electron chi connectivity index (χ0n) is 13.8. The van der Waals surface area contributed by atoms with Gasteiger partial charge in [-0.15, -0.1) is 24.2 Å². The van der Waals surface area contributed by atoms with E-state index in [1.54, 1.807) is 16.7 Å². The van der Waals surface area contributed by atoms with Crippen LogP contribution in [0.4, 0.5) is 0 Å². The summed E-state index contributed by atoms with van der Waals surface area (Å²) in [5.74, 6) is 1.83. The second-order valence-electron chi connectivity index (χ2n) is 7.13. The number of nitrogens with one attached hydrogen (secondary N) is 2. The summed E-state index contributed by atoms with van der Waals surface area (Å²) in [6.45, 7) is 9.75. The normalized spacial score (nSPS) is 28.9. The first-order valence-corrected chi connectivity index (χ1v) is 8.86. The lowest BCUT2D eigenvalue weighted by molar-refractivity contribution is -0.144. The molecule has 128 valence electrons. The van der Waals surface area contributed by atoms with Gasteiger partial charge < -0.3 is 15.5 Å². The second-order valence-corrected chi connectivity index (χ2v) is 8.13. The van der Waals surface area contributed by atoms with Crippen LogP contribution in [0.25, 0.3) is 0 Å². The predicted octanol–water partition coefficient (Wildman–Crippen LogP) is 1.47. The fourth-order valence-electron chi connectivity index (χ4n) is 2.80. The lowest BCUT2D eigenvalue weighted by Crippen LogP contribution is -2.55. The standard InChI is InChI=1S/C15H27N3O2S.ClH/c1-10-7-16-6-5-11(10)17-13(19)12-8-21-9-18(12)14(20)15(2,3)4;/h10-12,16H,5-9H2,1-4H3,(H,17,19);1H. The number of halogens is 1. The quantitative estimate of drug-likeness (QED) is 0.792. The van der Waals surface area contributed by atoms with Crippen molar-refractivity contribution in [2.75, 3.05) is 24.7 Å². The Morgan fingerprint density at radius 2 is 2.00 bits per heavy atom. The number of carbonyl (C=O) groups excluding carboxylic acids is 2. The summed E-state index contributed by atoms with van der Waals surface area (Å²) in [5.41, 5.74) is -0.439. The Morgan fingerprint density at radius 1 is 1.32 bits per heavy atom. The molecule has 0 aromatic rings. The highest BCUT2D eigenvalue weighted by atomic mass is 35.5. The minimum absolute atomic E-state index is 0. The third-order valence-corrected chi connectivity index (χ3v) is 5.21. The molecule has 2 rings (SSSR count). The second kappa shape index (κ2) is 7.88. The predicted molar refractivity (Wildman–Crippen MR) is 93.2 cm³/mol. The molecule has 3 atom stereocenters. The van der Waals surface area contributed by atoms with Crippen LogP contribution in [0.2, 0.25) is 0 Å². The van der Waals surface area contributed by atoms with Crippen LogP contribution in [0.15, 0.2) is 0 Å².